The quantitative estimate of drug-likeness (QED) is 0.627. The van der Waals surface area contributed by atoms with Gasteiger partial charge in [0.05, 0.1) is 31.1 Å². The third kappa shape index (κ3) is 5.16. The van der Waals surface area contributed by atoms with Crippen molar-refractivity contribution in [2.24, 2.45) is 5.92 Å². The highest BCUT2D eigenvalue weighted by Gasteiger charge is 2.21. The van der Waals surface area contributed by atoms with Crippen LogP contribution in [0, 0.1) is 11.7 Å². The monoisotopic (exact) mass is 410 g/mol. The molecular weight excluding hydrogens is 383 g/mol. The van der Waals surface area contributed by atoms with Gasteiger partial charge in [0.1, 0.15) is 17.4 Å². The molecule has 0 bridgehead atoms. The Hall–Kier alpha value is -2.93. The van der Waals surface area contributed by atoms with Gasteiger partial charge in [-0.2, -0.15) is 0 Å². The summed E-state index contributed by atoms with van der Waals surface area (Å²) in [7, 11) is 1.63. The summed E-state index contributed by atoms with van der Waals surface area (Å²) in [6, 6.07) is 12.2. The van der Waals surface area contributed by atoms with Gasteiger partial charge in [-0.25, -0.2) is 9.37 Å². The maximum Gasteiger partial charge on any atom is 0.224 e. The third-order valence-corrected chi connectivity index (χ3v) is 5.58. The van der Waals surface area contributed by atoms with E-state index in [1.165, 1.54) is 12.1 Å². The lowest BCUT2D eigenvalue weighted by Crippen LogP contribution is -2.41. The minimum absolute atomic E-state index is 0.0385. The van der Waals surface area contributed by atoms with Crippen LogP contribution in [0.25, 0.3) is 11.0 Å². The Bertz CT molecular complexity index is 1000. The molecule has 1 saturated heterocycles. The van der Waals surface area contributed by atoms with Gasteiger partial charge in [0.25, 0.3) is 0 Å². The topological polar surface area (TPSA) is 70.2 Å². The number of carbonyl (C=O) groups is 1. The number of carbonyl (C=O) groups excluding carboxylic acids is 1. The normalized spacial score (nSPS) is 17.2. The van der Waals surface area contributed by atoms with Gasteiger partial charge in [0.15, 0.2) is 0 Å². The molecule has 0 spiro atoms. The van der Waals surface area contributed by atoms with Crippen LogP contribution >= 0.6 is 0 Å². The molecule has 3 aromatic rings. The van der Waals surface area contributed by atoms with E-state index < -0.39 is 0 Å². The number of piperidine rings is 1. The van der Waals surface area contributed by atoms with Crippen LogP contribution in [0.2, 0.25) is 0 Å². The van der Waals surface area contributed by atoms with Gasteiger partial charge in [-0.1, -0.05) is 12.1 Å². The van der Waals surface area contributed by atoms with Gasteiger partial charge in [0, 0.05) is 13.1 Å². The zero-order valence-corrected chi connectivity index (χ0v) is 17.2. The van der Waals surface area contributed by atoms with E-state index in [0.717, 1.165) is 54.1 Å². The first-order valence-corrected chi connectivity index (χ1v) is 10.3. The minimum Gasteiger partial charge on any atom is -0.497 e. The van der Waals surface area contributed by atoms with Gasteiger partial charge in [-0.3, -0.25) is 9.69 Å². The van der Waals surface area contributed by atoms with Crippen molar-refractivity contribution in [2.75, 3.05) is 26.7 Å². The summed E-state index contributed by atoms with van der Waals surface area (Å²) in [5.41, 5.74) is 2.48. The van der Waals surface area contributed by atoms with E-state index in [-0.39, 0.29) is 11.7 Å². The fourth-order valence-corrected chi connectivity index (χ4v) is 4.03. The Morgan fingerprint density at radius 3 is 2.93 bits per heavy atom. The molecule has 6 nitrogen and oxygen atoms in total. The number of imidazole rings is 1. The smallest absolute Gasteiger partial charge is 0.224 e. The SMILES string of the molecule is COc1ccc(CC(=O)NC[C@@H]2CCCN(Cc3nc4ccc(F)cc4[nH]3)C2)cc1. The fourth-order valence-electron chi connectivity index (χ4n) is 4.03. The molecule has 1 amide bonds. The summed E-state index contributed by atoms with van der Waals surface area (Å²) in [5.74, 6) is 1.83. The summed E-state index contributed by atoms with van der Waals surface area (Å²) in [4.78, 5) is 22.4. The first kappa shape index (κ1) is 20.3. The van der Waals surface area contributed by atoms with Gasteiger partial charge in [-0.15, -0.1) is 0 Å². The lowest BCUT2D eigenvalue weighted by Gasteiger charge is -2.32. The number of methoxy groups -OCH3 is 1. The molecular formula is C23H27FN4O2. The first-order chi connectivity index (χ1) is 14.6. The number of H-pyrrole nitrogens is 1. The third-order valence-electron chi connectivity index (χ3n) is 5.58. The Balaban J connectivity index is 1.26. The lowest BCUT2D eigenvalue weighted by molar-refractivity contribution is -0.120. The van der Waals surface area contributed by atoms with Crippen LogP contribution in [0.3, 0.4) is 0 Å². The maximum atomic E-state index is 13.4. The average molecular weight is 410 g/mol. The molecule has 1 fully saturated rings. The highest BCUT2D eigenvalue weighted by atomic mass is 19.1. The van der Waals surface area contributed by atoms with Crippen LogP contribution in [0.4, 0.5) is 4.39 Å². The van der Waals surface area contributed by atoms with E-state index in [2.05, 4.69) is 20.2 Å². The summed E-state index contributed by atoms with van der Waals surface area (Å²) in [5, 5.41) is 3.08. The van der Waals surface area contributed by atoms with Crippen LogP contribution in [0.5, 0.6) is 5.75 Å². The van der Waals surface area contributed by atoms with Gasteiger partial charge < -0.3 is 15.0 Å². The first-order valence-electron chi connectivity index (χ1n) is 10.3. The van der Waals surface area contributed by atoms with E-state index in [9.17, 15) is 9.18 Å². The molecule has 4 rings (SSSR count). The Kier molecular flexibility index (Phi) is 6.28. The van der Waals surface area contributed by atoms with Crippen LogP contribution < -0.4 is 10.1 Å². The molecule has 7 heteroatoms. The highest BCUT2D eigenvalue weighted by molar-refractivity contribution is 5.78. The summed E-state index contributed by atoms with van der Waals surface area (Å²) < 4.78 is 18.5. The van der Waals surface area contributed by atoms with Crippen molar-refractivity contribution in [1.29, 1.82) is 0 Å². The van der Waals surface area contributed by atoms with Crippen molar-refractivity contribution in [3.8, 4) is 5.75 Å². The van der Waals surface area contributed by atoms with E-state index in [4.69, 9.17) is 4.74 Å². The molecule has 30 heavy (non-hydrogen) atoms. The molecule has 2 aromatic carbocycles. The average Bonchev–Trinajstić information content (AvgIpc) is 3.14. The van der Waals surface area contributed by atoms with E-state index in [0.29, 0.717) is 25.4 Å². The Morgan fingerprint density at radius 2 is 2.13 bits per heavy atom. The summed E-state index contributed by atoms with van der Waals surface area (Å²) in [6.45, 7) is 3.29. The zero-order chi connectivity index (χ0) is 20.9. The second-order valence-corrected chi connectivity index (χ2v) is 7.92. The molecule has 158 valence electrons. The fraction of sp³-hybridized carbons (Fsp3) is 0.391. The number of nitrogens with one attached hydrogen (secondary N) is 2. The largest absolute Gasteiger partial charge is 0.497 e. The van der Waals surface area contributed by atoms with Crippen molar-refractivity contribution < 1.29 is 13.9 Å². The van der Waals surface area contributed by atoms with Crippen LogP contribution in [0.1, 0.15) is 24.2 Å². The number of likely N-dealkylation sites (tertiary alicyclic amines) is 1. The maximum absolute atomic E-state index is 13.4. The molecule has 2 N–H and O–H groups in total. The predicted molar refractivity (Wildman–Crippen MR) is 114 cm³/mol. The molecule has 0 aliphatic carbocycles. The van der Waals surface area contributed by atoms with E-state index >= 15 is 0 Å². The van der Waals surface area contributed by atoms with Crippen molar-refractivity contribution in [3.05, 3.63) is 59.7 Å². The highest BCUT2D eigenvalue weighted by Crippen LogP contribution is 2.19. The standard InChI is InChI=1S/C23H27FN4O2/c1-30-19-7-4-16(5-8-19)11-23(29)25-13-17-3-2-10-28(14-17)15-22-26-20-9-6-18(24)12-21(20)27-22/h4-9,12,17H,2-3,10-11,13-15H2,1H3,(H,25,29)(H,26,27)/t17-/m0/s1. The number of hydrogen-bond acceptors (Lipinski definition) is 4. The van der Waals surface area contributed by atoms with Crippen molar-refractivity contribution in [2.45, 2.75) is 25.8 Å². The molecule has 2 heterocycles. The number of ether oxygens (including phenoxy) is 1. The van der Waals surface area contributed by atoms with Crippen LogP contribution in [-0.4, -0.2) is 47.5 Å². The van der Waals surface area contributed by atoms with Crippen LogP contribution in [-0.2, 0) is 17.8 Å². The van der Waals surface area contributed by atoms with Gasteiger partial charge in [0.2, 0.25) is 5.91 Å². The van der Waals surface area contributed by atoms with Crippen molar-refractivity contribution in [1.82, 2.24) is 20.2 Å². The number of rotatable bonds is 7. The number of nitrogens with zero attached hydrogens (tertiary/aromatic N) is 2. The Labute approximate surface area is 175 Å². The number of aromatic amines is 1. The van der Waals surface area contributed by atoms with Crippen molar-refractivity contribution >= 4 is 16.9 Å². The lowest BCUT2D eigenvalue weighted by atomic mass is 9.98. The van der Waals surface area contributed by atoms with Gasteiger partial charge >= 0.3 is 0 Å². The summed E-state index contributed by atoms with van der Waals surface area (Å²) in [6.07, 6.45) is 2.56. The molecule has 0 radical (unpaired) electrons. The Morgan fingerprint density at radius 1 is 1.30 bits per heavy atom. The molecule has 1 aliphatic rings. The number of benzene rings is 2. The zero-order valence-electron chi connectivity index (χ0n) is 17.2. The number of fused-ring (bicyclic) bond motifs is 1. The number of halogens is 1. The molecule has 0 saturated carbocycles. The van der Waals surface area contributed by atoms with E-state index in [1.807, 2.05) is 24.3 Å². The number of hydrogen-bond donors (Lipinski definition) is 2. The molecule has 0 unspecified atom stereocenters. The number of amides is 1. The number of aromatic nitrogens is 2. The van der Waals surface area contributed by atoms with Gasteiger partial charge in [-0.05, 0) is 61.2 Å². The summed E-state index contributed by atoms with van der Waals surface area (Å²) >= 11 is 0. The molecule has 1 aromatic heterocycles. The molecule has 1 atom stereocenters. The second-order valence-electron chi connectivity index (χ2n) is 7.92. The minimum atomic E-state index is -0.263. The predicted octanol–water partition coefficient (Wildman–Crippen LogP) is 3.28. The molecule has 1 aliphatic heterocycles. The van der Waals surface area contributed by atoms with E-state index in [1.54, 1.807) is 13.2 Å². The van der Waals surface area contributed by atoms with Crippen molar-refractivity contribution in [3.63, 3.8) is 0 Å². The second kappa shape index (κ2) is 9.26. The van der Waals surface area contributed by atoms with Crippen LogP contribution in [0.15, 0.2) is 42.5 Å².